The highest BCUT2D eigenvalue weighted by Gasteiger charge is 2.33. The summed E-state index contributed by atoms with van der Waals surface area (Å²) in [5.74, 6) is 0.199. The SMILES string of the molecule is CC=CC1(O)CCOc2ccc(F)cc21. The van der Waals surface area contributed by atoms with E-state index in [9.17, 15) is 9.50 Å². The summed E-state index contributed by atoms with van der Waals surface area (Å²) in [6.45, 7) is 2.27. The Balaban J connectivity index is 2.53. The van der Waals surface area contributed by atoms with Crippen LogP contribution in [0.4, 0.5) is 4.39 Å². The topological polar surface area (TPSA) is 29.5 Å². The third-order valence-corrected chi connectivity index (χ3v) is 2.59. The Labute approximate surface area is 88.0 Å². The average molecular weight is 208 g/mol. The van der Waals surface area contributed by atoms with Crippen molar-refractivity contribution < 1.29 is 14.2 Å². The fourth-order valence-electron chi connectivity index (χ4n) is 1.87. The predicted octanol–water partition coefficient (Wildman–Crippen LogP) is 2.37. The Morgan fingerprint density at radius 2 is 2.33 bits per heavy atom. The van der Waals surface area contributed by atoms with Crippen molar-refractivity contribution in [2.45, 2.75) is 18.9 Å². The van der Waals surface area contributed by atoms with Crippen LogP contribution in [-0.2, 0) is 5.60 Å². The second-order valence-corrected chi connectivity index (χ2v) is 3.66. The second-order valence-electron chi connectivity index (χ2n) is 3.66. The van der Waals surface area contributed by atoms with Crippen molar-refractivity contribution in [2.24, 2.45) is 0 Å². The van der Waals surface area contributed by atoms with E-state index in [0.717, 1.165) is 0 Å². The van der Waals surface area contributed by atoms with Crippen LogP contribution in [0.25, 0.3) is 0 Å². The van der Waals surface area contributed by atoms with Crippen LogP contribution in [-0.4, -0.2) is 11.7 Å². The molecule has 1 aromatic rings. The molecule has 1 unspecified atom stereocenters. The lowest BCUT2D eigenvalue weighted by atomic mass is 9.88. The third-order valence-electron chi connectivity index (χ3n) is 2.59. The normalized spacial score (nSPS) is 25.0. The molecule has 0 aromatic heterocycles. The fraction of sp³-hybridized carbons (Fsp3) is 0.333. The van der Waals surface area contributed by atoms with Gasteiger partial charge in [0.2, 0.25) is 0 Å². The molecule has 0 spiro atoms. The maximum Gasteiger partial charge on any atom is 0.125 e. The maximum absolute atomic E-state index is 13.1. The minimum absolute atomic E-state index is 0.359. The summed E-state index contributed by atoms with van der Waals surface area (Å²) < 4.78 is 18.4. The summed E-state index contributed by atoms with van der Waals surface area (Å²) in [4.78, 5) is 0. The van der Waals surface area contributed by atoms with Gasteiger partial charge in [0.25, 0.3) is 0 Å². The van der Waals surface area contributed by atoms with Gasteiger partial charge in [0.05, 0.1) is 6.61 Å². The molecule has 15 heavy (non-hydrogen) atoms. The van der Waals surface area contributed by atoms with Crippen LogP contribution in [0.3, 0.4) is 0 Å². The number of hydrogen-bond donors (Lipinski definition) is 1. The van der Waals surface area contributed by atoms with Gasteiger partial charge in [-0.3, -0.25) is 0 Å². The molecule has 1 heterocycles. The number of hydrogen-bond acceptors (Lipinski definition) is 2. The van der Waals surface area contributed by atoms with Crippen LogP contribution < -0.4 is 4.74 Å². The molecule has 0 radical (unpaired) electrons. The van der Waals surface area contributed by atoms with Gasteiger partial charge in [-0.2, -0.15) is 0 Å². The van der Waals surface area contributed by atoms with E-state index in [0.29, 0.717) is 24.3 Å². The van der Waals surface area contributed by atoms with Crippen molar-refractivity contribution >= 4 is 0 Å². The van der Waals surface area contributed by atoms with Gasteiger partial charge >= 0.3 is 0 Å². The van der Waals surface area contributed by atoms with Gasteiger partial charge in [-0.1, -0.05) is 12.2 Å². The minimum atomic E-state index is -1.09. The number of fused-ring (bicyclic) bond motifs is 1. The smallest absolute Gasteiger partial charge is 0.125 e. The molecule has 1 N–H and O–H groups in total. The molecule has 0 fully saturated rings. The molecule has 80 valence electrons. The van der Waals surface area contributed by atoms with Crippen LogP contribution >= 0.6 is 0 Å². The van der Waals surface area contributed by atoms with Gasteiger partial charge in [0.15, 0.2) is 0 Å². The first-order valence-corrected chi connectivity index (χ1v) is 4.95. The zero-order valence-corrected chi connectivity index (χ0v) is 8.53. The van der Waals surface area contributed by atoms with Crippen molar-refractivity contribution in [3.63, 3.8) is 0 Å². The zero-order chi connectivity index (χ0) is 10.9. The van der Waals surface area contributed by atoms with E-state index in [1.54, 1.807) is 18.2 Å². The molecule has 1 aliphatic heterocycles. The van der Waals surface area contributed by atoms with Crippen molar-refractivity contribution in [3.05, 3.63) is 41.7 Å². The molecule has 0 saturated heterocycles. The molecular formula is C12H13FO2. The first kappa shape index (κ1) is 10.2. The van der Waals surface area contributed by atoms with Gasteiger partial charge < -0.3 is 9.84 Å². The lowest BCUT2D eigenvalue weighted by Gasteiger charge is -2.31. The number of halogens is 1. The van der Waals surface area contributed by atoms with Crippen LogP contribution in [0.1, 0.15) is 18.9 Å². The quantitative estimate of drug-likeness (QED) is 0.718. The average Bonchev–Trinajstić information content (AvgIpc) is 2.20. The molecule has 0 amide bonds. The van der Waals surface area contributed by atoms with Gasteiger partial charge in [-0.15, -0.1) is 0 Å². The molecule has 2 rings (SSSR count). The van der Waals surface area contributed by atoms with Gasteiger partial charge in [-0.25, -0.2) is 4.39 Å². The van der Waals surface area contributed by atoms with Gasteiger partial charge in [-0.05, 0) is 25.1 Å². The number of aliphatic hydroxyl groups is 1. The molecule has 0 saturated carbocycles. The van der Waals surface area contributed by atoms with Crippen molar-refractivity contribution in [1.82, 2.24) is 0 Å². The first-order chi connectivity index (χ1) is 7.15. The highest BCUT2D eigenvalue weighted by molar-refractivity contribution is 5.42. The van der Waals surface area contributed by atoms with E-state index in [1.165, 1.54) is 12.1 Å². The number of rotatable bonds is 1. The van der Waals surface area contributed by atoms with Crippen molar-refractivity contribution in [3.8, 4) is 5.75 Å². The zero-order valence-electron chi connectivity index (χ0n) is 8.53. The monoisotopic (exact) mass is 208 g/mol. The largest absolute Gasteiger partial charge is 0.493 e. The van der Waals surface area contributed by atoms with Crippen LogP contribution in [0.2, 0.25) is 0 Å². The summed E-state index contributed by atoms with van der Waals surface area (Å²) >= 11 is 0. The van der Waals surface area contributed by atoms with Gasteiger partial charge in [0, 0.05) is 12.0 Å². The number of benzene rings is 1. The standard InChI is InChI=1S/C12H13FO2/c1-2-5-12(14)6-7-15-11-4-3-9(13)8-10(11)12/h2-5,8,14H,6-7H2,1H3. The van der Waals surface area contributed by atoms with E-state index in [1.807, 2.05) is 6.92 Å². The minimum Gasteiger partial charge on any atom is -0.493 e. The van der Waals surface area contributed by atoms with Crippen LogP contribution in [0.15, 0.2) is 30.4 Å². The Kier molecular flexibility index (Phi) is 2.49. The van der Waals surface area contributed by atoms with E-state index >= 15 is 0 Å². The third kappa shape index (κ3) is 1.75. The summed E-state index contributed by atoms with van der Waals surface area (Å²) in [5.41, 5.74) is -0.586. The first-order valence-electron chi connectivity index (χ1n) is 4.95. The van der Waals surface area contributed by atoms with Crippen LogP contribution in [0.5, 0.6) is 5.75 Å². The Morgan fingerprint density at radius 1 is 1.53 bits per heavy atom. The van der Waals surface area contributed by atoms with E-state index < -0.39 is 5.60 Å². The molecule has 3 heteroatoms. The summed E-state index contributed by atoms with van der Waals surface area (Å²) in [6.07, 6.45) is 3.89. The summed E-state index contributed by atoms with van der Waals surface area (Å²) in [6, 6.07) is 4.22. The van der Waals surface area contributed by atoms with Crippen molar-refractivity contribution in [2.75, 3.05) is 6.61 Å². The molecule has 2 nitrogen and oxygen atoms in total. The van der Waals surface area contributed by atoms with E-state index in [4.69, 9.17) is 4.74 Å². The Morgan fingerprint density at radius 3 is 3.07 bits per heavy atom. The fourth-order valence-corrected chi connectivity index (χ4v) is 1.87. The molecule has 1 aliphatic rings. The summed E-state index contributed by atoms with van der Waals surface area (Å²) in [5, 5.41) is 10.3. The Hall–Kier alpha value is -1.35. The van der Waals surface area contributed by atoms with E-state index in [2.05, 4.69) is 0 Å². The predicted molar refractivity (Wildman–Crippen MR) is 55.2 cm³/mol. The summed E-state index contributed by atoms with van der Waals surface area (Å²) in [7, 11) is 0. The number of ether oxygens (including phenoxy) is 1. The molecule has 1 atom stereocenters. The molecule has 0 aliphatic carbocycles. The number of allylic oxidation sites excluding steroid dienone is 1. The highest BCUT2D eigenvalue weighted by atomic mass is 19.1. The lowest BCUT2D eigenvalue weighted by molar-refractivity contribution is 0.0416. The molecule has 1 aromatic carbocycles. The van der Waals surface area contributed by atoms with Gasteiger partial charge in [0.1, 0.15) is 17.2 Å². The lowest BCUT2D eigenvalue weighted by Crippen LogP contribution is -2.30. The van der Waals surface area contributed by atoms with E-state index in [-0.39, 0.29) is 5.82 Å². The van der Waals surface area contributed by atoms with Crippen LogP contribution in [0, 0.1) is 5.82 Å². The second kappa shape index (κ2) is 3.66. The Bertz CT molecular complexity index is 401. The van der Waals surface area contributed by atoms with Crippen molar-refractivity contribution in [1.29, 1.82) is 0 Å². The highest BCUT2D eigenvalue weighted by Crippen LogP contribution is 2.38. The molecular weight excluding hydrogens is 195 g/mol. The maximum atomic E-state index is 13.1. The molecule has 0 bridgehead atoms.